The van der Waals surface area contributed by atoms with Gasteiger partial charge in [0.05, 0.1) is 23.3 Å². The Morgan fingerprint density at radius 3 is 1.20 bits per heavy atom. The van der Waals surface area contributed by atoms with E-state index in [1.165, 1.54) is 33.6 Å². The molecule has 2 aromatic heterocycles. The second-order valence-corrected chi connectivity index (χ2v) is 7.99. The van der Waals surface area contributed by atoms with E-state index < -0.39 is 11.9 Å². The molecule has 0 radical (unpaired) electrons. The van der Waals surface area contributed by atoms with Gasteiger partial charge >= 0.3 is 27.3 Å². The third kappa shape index (κ3) is 14.6. The molecule has 23 heteroatoms. The van der Waals surface area contributed by atoms with Crippen molar-refractivity contribution in [2.45, 2.75) is 10.3 Å². The van der Waals surface area contributed by atoms with Crippen molar-refractivity contribution in [3.63, 3.8) is 0 Å². The van der Waals surface area contributed by atoms with E-state index >= 15 is 0 Å². The van der Waals surface area contributed by atoms with Gasteiger partial charge in [-0.15, -0.1) is 10.2 Å². The van der Waals surface area contributed by atoms with E-state index in [1.54, 1.807) is 24.3 Å². The molecular weight excluding hydrogens is 697 g/mol. The first kappa shape index (κ1) is 47.3. The van der Waals surface area contributed by atoms with Gasteiger partial charge < -0.3 is 62.9 Å². The number of carboxylic acid groups (broad SMARTS) is 2. The molecule has 20 N–H and O–H groups in total. The molecule has 224 valence electrons. The molecule has 0 aliphatic rings. The van der Waals surface area contributed by atoms with Gasteiger partial charge in [-0.25, -0.2) is 0 Å². The minimum Gasteiger partial charge on any atom is -0.549 e. The number of hydrogen-bond donors (Lipinski definition) is 2. The molecule has 4 rings (SSSR count). The van der Waals surface area contributed by atoms with E-state index in [4.69, 9.17) is 10.2 Å². The number of carboxylic acids is 2. The Kier molecular flexibility index (Phi) is 26.8. The third-order valence-corrected chi connectivity index (χ3v) is 5.49. The molecule has 0 saturated heterocycles. The van der Waals surface area contributed by atoms with Crippen LogP contribution in [0.5, 0.6) is 11.5 Å². The molecule has 2 aromatic carbocycles. The normalized spacial score (nSPS) is 8.59. The van der Waals surface area contributed by atoms with Crippen LogP contribution in [0.4, 0.5) is 0 Å². The number of rotatable bonds is 8. The Morgan fingerprint density at radius 2 is 0.927 bits per heavy atom. The molecule has 0 saturated carbocycles. The zero-order chi connectivity index (χ0) is 24.5. The van der Waals surface area contributed by atoms with Gasteiger partial charge in [0.2, 0.25) is 10.3 Å². The van der Waals surface area contributed by atoms with Crippen molar-refractivity contribution >= 4 is 35.5 Å². The van der Waals surface area contributed by atoms with E-state index in [0.717, 1.165) is 23.5 Å². The molecule has 0 bridgehead atoms. The molecule has 0 unspecified atom stereocenters. The number of carbonyl (C=O) groups excluding carboxylic acids is 2. The average molecular weight is 729 g/mol. The van der Waals surface area contributed by atoms with Gasteiger partial charge in [-0.2, -0.15) is 9.36 Å². The first-order chi connectivity index (χ1) is 16.3. The predicted octanol–water partition coefficient (Wildman–Crippen LogP) is -7.11. The number of thioether (sulfide) groups is 2. The summed E-state index contributed by atoms with van der Waals surface area (Å²) in [4.78, 5) is 20.7. The summed E-state index contributed by atoms with van der Waals surface area (Å²) in [7, 11) is 0. The summed E-state index contributed by atoms with van der Waals surface area (Å²) in [6, 6.07) is 12.4. The summed E-state index contributed by atoms with van der Waals surface area (Å²) < 4.78 is 2.76. The molecule has 2 heterocycles. The maximum atomic E-state index is 10.3. The van der Waals surface area contributed by atoms with E-state index in [0.29, 0.717) is 21.7 Å². The fourth-order valence-corrected chi connectivity index (χ4v) is 3.51. The average Bonchev–Trinajstić information content (AvgIpc) is 3.47. The summed E-state index contributed by atoms with van der Waals surface area (Å²) >= 11 is 1.93. The first-order valence-corrected chi connectivity index (χ1v) is 11.1. The number of aromatic nitrogens is 8. The molecule has 0 amide bonds. The Morgan fingerprint density at radius 1 is 0.634 bits per heavy atom. The maximum absolute atomic E-state index is 10.3. The van der Waals surface area contributed by atoms with Crippen molar-refractivity contribution in [1.29, 1.82) is 0 Å². The minimum absolute atomic E-state index is 0. The van der Waals surface area contributed by atoms with Crippen LogP contribution in [-0.2, 0) is 69.7 Å². The van der Waals surface area contributed by atoms with E-state index in [9.17, 15) is 19.8 Å². The summed E-state index contributed by atoms with van der Waals surface area (Å²) in [5.74, 6) is -2.56. The maximum Gasteiger partial charge on any atom is 2.00 e. The van der Waals surface area contributed by atoms with Crippen LogP contribution in [0.25, 0.3) is 11.4 Å². The topological polar surface area (TPSA) is 406 Å². The van der Waals surface area contributed by atoms with Gasteiger partial charge in [0.1, 0.15) is 11.5 Å². The van der Waals surface area contributed by atoms with Crippen molar-refractivity contribution in [3.8, 4) is 22.9 Å². The van der Waals surface area contributed by atoms with Crippen molar-refractivity contribution < 1.29 is 90.2 Å². The molecule has 4 aromatic rings. The molecule has 20 nitrogen and oxygen atoms in total. The number of carbonyl (C=O) groups is 2. The molecular formula is C18H32CdN8O12S2+6. The smallest absolute Gasteiger partial charge is 0.549 e. The molecule has 0 fully saturated rings. The first-order valence-electron chi connectivity index (χ1n) is 9.14. The fourth-order valence-electron chi connectivity index (χ4n) is 2.30. The standard InChI is InChI=1S/2C9H8N4O3S.Cd.6H2O/c2*14-7-3-1-6(2-4-7)13-9(10-11-12-13)17-5-8(15)16;;;;;;;/h2*1-4,14H,5H2,(H,15,16);;6*1H2/q;;+2;;;;;;/p+4. The van der Waals surface area contributed by atoms with Crippen molar-refractivity contribution in [3.05, 3.63) is 48.5 Å². The summed E-state index contributed by atoms with van der Waals surface area (Å²) in [6.45, 7) is 0. The number of phenols is 2. The van der Waals surface area contributed by atoms with Gasteiger partial charge in [0.25, 0.3) is 0 Å². The van der Waals surface area contributed by atoms with Crippen LogP contribution in [0.3, 0.4) is 0 Å². The van der Waals surface area contributed by atoms with Gasteiger partial charge in [-0.05, 0) is 69.4 Å². The van der Waals surface area contributed by atoms with E-state index in [1.807, 2.05) is 0 Å². The van der Waals surface area contributed by atoms with Gasteiger partial charge in [0.15, 0.2) is 0 Å². The Balaban J connectivity index is -0.000000180. The van der Waals surface area contributed by atoms with Crippen molar-refractivity contribution in [2.24, 2.45) is 0 Å². The van der Waals surface area contributed by atoms with Crippen LogP contribution in [0.2, 0.25) is 0 Å². The third-order valence-electron chi connectivity index (χ3n) is 3.71. The van der Waals surface area contributed by atoms with Crippen LogP contribution < -0.4 is 10.2 Å². The number of hydrogen-bond acceptors (Lipinski definition) is 14. The minimum atomic E-state index is -1.18. The van der Waals surface area contributed by atoms with Gasteiger partial charge in [-0.3, -0.25) is 0 Å². The van der Waals surface area contributed by atoms with E-state index in [2.05, 4.69) is 31.1 Å². The number of phenolic OH excluding ortho intramolecular Hbond substituents is 2. The Hall–Kier alpha value is -3.50. The Bertz CT molecular complexity index is 1170. The molecule has 0 aliphatic carbocycles. The quantitative estimate of drug-likeness (QED) is 0.0967. The zero-order valence-corrected chi connectivity index (χ0v) is 26.8. The molecule has 0 spiro atoms. The number of benzene rings is 2. The van der Waals surface area contributed by atoms with Crippen LogP contribution in [0.1, 0.15) is 0 Å². The second-order valence-electron chi connectivity index (χ2n) is 6.10. The van der Waals surface area contributed by atoms with Crippen LogP contribution >= 0.6 is 23.5 Å². The predicted molar refractivity (Wildman–Crippen MR) is 142 cm³/mol. The molecule has 0 atom stereocenters. The zero-order valence-electron chi connectivity index (χ0n) is 21.1. The number of tetrazole rings is 2. The Labute approximate surface area is 258 Å². The largest absolute Gasteiger partial charge is 2.00 e. The molecule has 41 heavy (non-hydrogen) atoms. The summed E-state index contributed by atoms with van der Waals surface area (Å²) in [5, 5.41) is 61.5. The van der Waals surface area contributed by atoms with Crippen molar-refractivity contribution in [2.75, 3.05) is 11.5 Å². The second kappa shape index (κ2) is 23.2. The molecule has 0 aliphatic heterocycles. The summed E-state index contributed by atoms with van der Waals surface area (Å²) in [5.41, 5.74) is 1.27. The van der Waals surface area contributed by atoms with Crippen LogP contribution in [-0.4, -0.2) is 74.1 Å². The van der Waals surface area contributed by atoms with Gasteiger partial charge in [-0.1, -0.05) is 23.5 Å². The fraction of sp³-hybridized carbons (Fsp3) is 0.111. The number of aliphatic carboxylic acids is 2. The number of aromatic hydroxyl groups is 2. The summed E-state index contributed by atoms with van der Waals surface area (Å²) in [6.07, 6.45) is 0. The van der Waals surface area contributed by atoms with Crippen LogP contribution in [0, 0.1) is 0 Å². The number of nitrogens with zero attached hydrogens (tertiary/aromatic N) is 8. The van der Waals surface area contributed by atoms with E-state index in [-0.39, 0.29) is 83.2 Å². The monoisotopic (exact) mass is 730 g/mol. The van der Waals surface area contributed by atoms with Crippen LogP contribution in [0.15, 0.2) is 58.8 Å². The SMILES string of the molecule is O=C([O-])CSc1nnnn1-c1ccc(O)cc1.O=C([O-])CSc1nnnn1-c1ccc(O)cc1.[Cd+2].[OH3+].[OH3+].[OH3+].[OH3+].[OH3+].[OH3+]. The van der Waals surface area contributed by atoms with Gasteiger partial charge in [0, 0.05) is 11.5 Å². The van der Waals surface area contributed by atoms with Crippen molar-refractivity contribution in [1.82, 2.24) is 40.4 Å².